The highest BCUT2D eigenvalue weighted by Gasteiger charge is 2.24. The minimum atomic E-state index is -0.907. The zero-order chi connectivity index (χ0) is 11.0. The molecule has 0 spiro atoms. The zero-order valence-electron chi connectivity index (χ0n) is 7.89. The fourth-order valence-electron chi connectivity index (χ4n) is 1.21. The SMILES string of the molecule is Nc1c(F)cc(C(=O)NC2CC2)cc1F. The smallest absolute Gasteiger partial charge is 0.251 e. The second-order valence-electron chi connectivity index (χ2n) is 3.60. The van der Waals surface area contributed by atoms with Gasteiger partial charge < -0.3 is 11.1 Å². The molecule has 0 radical (unpaired) electrons. The number of hydrogen-bond donors (Lipinski definition) is 2. The predicted octanol–water partition coefficient (Wildman–Crippen LogP) is 1.44. The molecule has 2 rings (SSSR count). The average molecular weight is 212 g/mol. The van der Waals surface area contributed by atoms with E-state index >= 15 is 0 Å². The summed E-state index contributed by atoms with van der Waals surface area (Å²) < 4.78 is 26.0. The van der Waals surface area contributed by atoms with Crippen LogP contribution in [0.1, 0.15) is 23.2 Å². The van der Waals surface area contributed by atoms with E-state index < -0.39 is 23.2 Å². The molecule has 0 heterocycles. The number of benzene rings is 1. The summed E-state index contributed by atoms with van der Waals surface area (Å²) in [6.07, 6.45) is 1.84. The van der Waals surface area contributed by atoms with Crippen LogP contribution in [0.5, 0.6) is 0 Å². The third-order valence-corrected chi connectivity index (χ3v) is 2.25. The summed E-state index contributed by atoms with van der Waals surface area (Å²) in [6.45, 7) is 0. The van der Waals surface area contributed by atoms with Gasteiger partial charge in [0.15, 0.2) is 0 Å². The first-order valence-electron chi connectivity index (χ1n) is 4.63. The van der Waals surface area contributed by atoms with Gasteiger partial charge in [0.2, 0.25) is 0 Å². The van der Waals surface area contributed by atoms with Crippen molar-refractivity contribution in [3.8, 4) is 0 Å². The molecule has 1 aromatic rings. The normalized spacial score (nSPS) is 15.1. The molecule has 1 amide bonds. The quantitative estimate of drug-likeness (QED) is 0.729. The van der Waals surface area contributed by atoms with Gasteiger partial charge >= 0.3 is 0 Å². The van der Waals surface area contributed by atoms with E-state index in [0.717, 1.165) is 25.0 Å². The fourth-order valence-corrected chi connectivity index (χ4v) is 1.21. The summed E-state index contributed by atoms with van der Waals surface area (Å²) in [5.41, 5.74) is 4.49. The lowest BCUT2D eigenvalue weighted by Gasteiger charge is -2.05. The molecular weight excluding hydrogens is 202 g/mol. The van der Waals surface area contributed by atoms with E-state index in [1.807, 2.05) is 0 Å². The molecule has 0 saturated heterocycles. The first-order chi connectivity index (χ1) is 7.08. The van der Waals surface area contributed by atoms with Gasteiger partial charge in [0.1, 0.15) is 17.3 Å². The number of halogens is 2. The molecule has 1 fully saturated rings. The number of nitrogens with one attached hydrogen (secondary N) is 1. The Balaban J connectivity index is 2.23. The van der Waals surface area contributed by atoms with Crippen molar-refractivity contribution in [3.63, 3.8) is 0 Å². The van der Waals surface area contributed by atoms with Crippen LogP contribution >= 0.6 is 0 Å². The minimum absolute atomic E-state index is 0.0360. The molecule has 1 aliphatic carbocycles. The molecule has 80 valence electrons. The Kier molecular flexibility index (Phi) is 2.30. The number of carbonyl (C=O) groups is 1. The van der Waals surface area contributed by atoms with Crippen molar-refractivity contribution in [2.24, 2.45) is 0 Å². The van der Waals surface area contributed by atoms with Gasteiger partial charge in [-0.25, -0.2) is 8.78 Å². The molecule has 1 saturated carbocycles. The predicted molar refractivity (Wildman–Crippen MR) is 51.3 cm³/mol. The average Bonchev–Trinajstić information content (AvgIpc) is 2.97. The van der Waals surface area contributed by atoms with E-state index in [0.29, 0.717) is 0 Å². The number of anilines is 1. The molecular formula is C10H10F2N2O. The molecule has 0 aromatic heterocycles. The molecule has 0 atom stereocenters. The summed E-state index contributed by atoms with van der Waals surface area (Å²) in [5, 5.41) is 2.63. The molecule has 15 heavy (non-hydrogen) atoms. The highest BCUT2D eigenvalue weighted by atomic mass is 19.1. The van der Waals surface area contributed by atoms with Gasteiger partial charge in [0.05, 0.1) is 0 Å². The Morgan fingerprint density at radius 1 is 1.33 bits per heavy atom. The maximum absolute atomic E-state index is 13.0. The maximum atomic E-state index is 13.0. The Bertz CT molecular complexity index is 393. The molecule has 3 nitrogen and oxygen atoms in total. The van der Waals surface area contributed by atoms with Gasteiger partial charge in [-0.05, 0) is 25.0 Å². The number of amides is 1. The fraction of sp³-hybridized carbons (Fsp3) is 0.300. The highest BCUT2D eigenvalue weighted by molar-refractivity contribution is 5.95. The van der Waals surface area contributed by atoms with E-state index in [4.69, 9.17) is 5.73 Å². The van der Waals surface area contributed by atoms with Crippen LogP contribution in [-0.4, -0.2) is 11.9 Å². The van der Waals surface area contributed by atoms with Crippen LogP contribution < -0.4 is 11.1 Å². The molecule has 0 aliphatic heterocycles. The summed E-state index contributed by atoms with van der Waals surface area (Å²) >= 11 is 0. The molecule has 1 aromatic carbocycles. The largest absolute Gasteiger partial charge is 0.394 e. The van der Waals surface area contributed by atoms with E-state index in [1.54, 1.807) is 0 Å². The van der Waals surface area contributed by atoms with Gasteiger partial charge in [-0.3, -0.25) is 4.79 Å². The molecule has 0 unspecified atom stereocenters. The van der Waals surface area contributed by atoms with Gasteiger partial charge in [0.25, 0.3) is 5.91 Å². The molecule has 5 heteroatoms. The molecule has 1 aliphatic rings. The number of carbonyl (C=O) groups excluding carboxylic acids is 1. The van der Waals surface area contributed by atoms with Crippen LogP contribution in [-0.2, 0) is 0 Å². The van der Waals surface area contributed by atoms with Crippen LogP contribution in [0.25, 0.3) is 0 Å². The first kappa shape index (κ1) is 9.89. The van der Waals surface area contributed by atoms with Gasteiger partial charge in [0, 0.05) is 11.6 Å². The third kappa shape index (κ3) is 2.06. The van der Waals surface area contributed by atoms with Gasteiger partial charge in [-0.2, -0.15) is 0 Å². The second-order valence-corrected chi connectivity index (χ2v) is 3.60. The van der Waals surface area contributed by atoms with Crippen molar-refractivity contribution in [3.05, 3.63) is 29.3 Å². The van der Waals surface area contributed by atoms with Gasteiger partial charge in [-0.15, -0.1) is 0 Å². The summed E-state index contributed by atoms with van der Waals surface area (Å²) in [5.74, 6) is -2.28. The summed E-state index contributed by atoms with van der Waals surface area (Å²) in [7, 11) is 0. The number of hydrogen-bond acceptors (Lipinski definition) is 2. The highest BCUT2D eigenvalue weighted by Crippen LogP contribution is 2.21. The van der Waals surface area contributed by atoms with E-state index in [9.17, 15) is 13.6 Å². The Morgan fingerprint density at radius 2 is 1.87 bits per heavy atom. The van der Waals surface area contributed by atoms with Crippen LogP contribution in [0, 0.1) is 11.6 Å². The maximum Gasteiger partial charge on any atom is 0.251 e. The standard InChI is InChI=1S/C10H10F2N2O/c11-7-3-5(4-8(12)9(7)13)10(15)14-6-1-2-6/h3-4,6H,1-2,13H2,(H,14,15). The molecule has 0 bridgehead atoms. The van der Waals surface area contributed by atoms with Crippen LogP contribution in [0.3, 0.4) is 0 Å². The topological polar surface area (TPSA) is 55.1 Å². The lowest BCUT2D eigenvalue weighted by Crippen LogP contribution is -2.25. The Morgan fingerprint density at radius 3 is 2.33 bits per heavy atom. The van der Waals surface area contributed by atoms with Crippen LogP contribution in [0.4, 0.5) is 14.5 Å². The minimum Gasteiger partial charge on any atom is -0.394 e. The van der Waals surface area contributed by atoms with Crippen molar-refractivity contribution in [2.75, 3.05) is 5.73 Å². The zero-order valence-corrected chi connectivity index (χ0v) is 7.89. The monoisotopic (exact) mass is 212 g/mol. The third-order valence-electron chi connectivity index (χ3n) is 2.25. The van der Waals surface area contributed by atoms with E-state index in [1.165, 1.54) is 0 Å². The van der Waals surface area contributed by atoms with E-state index in [-0.39, 0.29) is 11.6 Å². The van der Waals surface area contributed by atoms with Crippen LogP contribution in [0.2, 0.25) is 0 Å². The van der Waals surface area contributed by atoms with Gasteiger partial charge in [-0.1, -0.05) is 0 Å². The summed E-state index contributed by atoms with van der Waals surface area (Å²) in [6, 6.07) is 2.04. The second kappa shape index (κ2) is 3.49. The van der Waals surface area contributed by atoms with E-state index in [2.05, 4.69) is 5.32 Å². The Hall–Kier alpha value is -1.65. The molecule has 3 N–H and O–H groups in total. The number of rotatable bonds is 2. The van der Waals surface area contributed by atoms with Crippen molar-refractivity contribution >= 4 is 11.6 Å². The van der Waals surface area contributed by atoms with Crippen molar-refractivity contribution < 1.29 is 13.6 Å². The Labute approximate surface area is 85.3 Å². The van der Waals surface area contributed by atoms with Crippen molar-refractivity contribution in [2.45, 2.75) is 18.9 Å². The van der Waals surface area contributed by atoms with Crippen molar-refractivity contribution in [1.29, 1.82) is 0 Å². The first-order valence-corrected chi connectivity index (χ1v) is 4.63. The lowest BCUT2D eigenvalue weighted by atomic mass is 10.1. The summed E-state index contributed by atoms with van der Waals surface area (Å²) in [4.78, 5) is 11.4. The number of nitrogen functional groups attached to an aromatic ring is 1. The number of nitrogens with two attached hydrogens (primary N) is 1. The lowest BCUT2D eigenvalue weighted by molar-refractivity contribution is 0.0950. The van der Waals surface area contributed by atoms with Crippen LogP contribution in [0.15, 0.2) is 12.1 Å². The van der Waals surface area contributed by atoms with Crippen molar-refractivity contribution in [1.82, 2.24) is 5.32 Å².